The van der Waals surface area contributed by atoms with Crippen LogP contribution in [0.3, 0.4) is 0 Å². The van der Waals surface area contributed by atoms with Crippen LogP contribution in [0.2, 0.25) is 0 Å². The van der Waals surface area contributed by atoms with E-state index >= 15 is 0 Å². The molecule has 2 N–H and O–H groups in total. The van der Waals surface area contributed by atoms with Crippen LogP contribution in [0.5, 0.6) is 0 Å². The van der Waals surface area contributed by atoms with Gasteiger partial charge in [-0.25, -0.2) is 0 Å². The second-order valence-corrected chi connectivity index (χ2v) is 13.3. The minimum atomic E-state index is -0.665. The third-order valence-corrected chi connectivity index (χ3v) is 11.4. The first-order chi connectivity index (χ1) is 14.0. The van der Waals surface area contributed by atoms with Crippen LogP contribution in [-0.4, -0.2) is 21.9 Å². The van der Waals surface area contributed by atoms with E-state index in [2.05, 4.69) is 41.5 Å². The van der Waals surface area contributed by atoms with Gasteiger partial charge in [0.1, 0.15) is 0 Å². The molecule has 0 spiro atoms. The summed E-state index contributed by atoms with van der Waals surface area (Å²) < 4.78 is 0. The fourth-order valence-corrected chi connectivity index (χ4v) is 9.68. The van der Waals surface area contributed by atoms with Gasteiger partial charge in [-0.2, -0.15) is 0 Å². The van der Waals surface area contributed by atoms with Gasteiger partial charge < -0.3 is 10.2 Å². The molecular weight excluding hydrogens is 368 g/mol. The molecule has 174 valence electrons. The fraction of sp³-hybridized carbons (Fsp3) is 1.00. The Kier molecular flexibility index (Phi) is 6.20. The van der Waals surface area contributed by atoms with Crippen molar-refractivity contribution in [3.8, 4) is 0 Å². The molecule has 0 unspecified atom stereocenters. The van der Waals surface area contributed by atoms with Gasteiger partial charge in [-0.05, 0) is 97.2 Å². The summed E-state index contributed by atoms with van der Waals surface area (Å²) in [6, 6.07) is 0. The zero-order chi connectivity index (χ0) is 21.9. The van der Waals surface area contributed by atoms with Crippen molar-refractivity contribution in [2.75, 3.05) is 0 Å². The van der Waals surface area contributed by atoms with Crippen LogP contribution in [0, 0.1) is 52.3 Å². The minimum absolute atomic E-state index is 0.00311. The molecule has 0 bridgehead atoms. The van der Waals surface area contributed by atoms with Gasteiger partial charge in [-0.3, -0.25) is 0 Å². The second-order valence-electron chi connectivity index (χ2n) is 13.3. The van der Waals surface area contributed by atoms with Gasteiger partial charge in [0, 0.05) is 6.42 Å². The van der Waals surface area contributed by atoms with Gasteiger partial charge in [0.15, 0.2) is 0 Å². The fourth-order valence-electron chi connectivity index (χ4n) is 9.68. The molecule has 0 aliphatic heterocycles. The Labute approximate surface area is 186 Å². The highest BCUT2D eigenvalue weighted by molar-refractivity contribution is 5.16. The van der Waals surface area contributed by atoms with Crippen molar-refractivity contribution in [2.45, 2.75) is 124 Å². The smallest absolute Gasteiger partial charge is 0.0753 e. The Morgan fingerprint density at radius 3 is 2.37 bits per heavy atom. The average Bonchev–Trinajstić information content (AvgIpc) is 3.01. The van der Waals surface area contributed by atoms with E-state index in [0.717, 1.165) is 42.4 Å². The monoisotopic (exact) mass is 418 g/mol. The molecule has 0 aromatic rings. The van der Waals surface area contributed by atoms with Crippen molar-refractivity contribution >= 4 is 0 Å². The molecule has 4 saturated carbocycles. The molecule has 4 rings (SSSR count). The lowest BCUT2D eigenvalue weighted by Crippen LogP contribution is -2.66. The number of rotatable bonds is 5. The minimum Gasteiger partial charge on any atom is -0.393 e. The van der Waals surface area contributed by atoms with Crippen molar-refractivity contribution in [2.24, 2.45) is 52.3 Å². The molecule has 10 atom stereocenters. The normalized spacial score (nSPS) is 51.9. The van der Waals surface area contributed by atoms with E-state index in [0.29, 0.717) is 23.7 Å². The van der Waals surface area contributed by atoms with Crippen LogP contribution < -0.4 is 0 Å². The van der Waals surface area contributed by atoms with E-state index < -0.39 is 5.60 Å². The molecule has 0 aromatic carbocycles. The molecule has 4 fully saturated rings. The third kappa shape index (κ3) is 3.42. The largest absolute Gasteiger partial charge is 0.393 e. The molecule has 2 heteroatoms. The molecule has 0 radical (unpaired) electrons. The Morgan fingerprint density at radius 2 is 1.67 bits per heavy atom. The lowest BCUT2D eigenvalue weighted by molar-refractivity contribution is -0.244. The Hall–Kier alpha value is -0.0800. The van der Waals surface area contributed by atoms with Gasteiger partial charge in [-0.15, -0.1) is 0 Å². The van der Waals surface area contributed by atoms with E-state index in [1.54, 1.807) is 0 Å². The summed E-state index contributed by atoms with van der Waals surface area (Å²) in [6.07, 6.45) is 13.1. The molecule has 0 heterocycles. The van der Waals surface area contributed by atoms with Gasteiger partial charge in [-0.1, -0.05) is 60.8 Å². The average molecular weight is 419 g/mol. The van der Waals surface area contributed by atoms with Crippen molar-refractivity contribution in [1.29, 1.82) is 0 Å². The van der Waals surface area contributed by atoms with Crippen LogP contribution in [-0.2, 0) is 0 Å². The molecular formula is C28H50O2. The molecule has 30 heavy (non-hydrogen) atoms. The molecule has 4 aliphatic rings. The van der Waals surface area contributed by atoms with Gasteiger partial charge >= 0.3 is 0 Å². The maximum atomic E-state index is 11.9. The summed E-state index contributed by atoms with van der Waals surface area (Å²) in [5.74, 6) is 5.18. The van der Waals surface area contributed by atoms with Crippen LogP contribution >= 0.6 is 0 Å². The van der Waals surface area contributed by atoms with Crippen molar-refractivity contribution < 1.29 is 10.2 Å². The van der Waals surface area contributed by atoms with Gasteiger partial charge in [0.25, 0.3) is 0 Å². The third-order valence-electron chi connectivity index (χ3n) is 11.4. The molecule has 0 saturated heterocycles. The SMILES string of the molecule is CC(C)CCC[C@H](C)[C@H]1CC[C@@H]2[C@H]3C[C@@H](C)[C@@]4(O)C[C@@H](O)CC[C@]4(C)[C@@H]3CC[C@@]21C. The summed E-state index contributed by atoms with van der Waals surface area (Å²) in [5, 5.41) is 22.2. The Balaban J connectivity index is 1.53. The molecule has 4 aliphatic carbocycles. The van der Waals surface area contributed by atoms with Crippen LogP contribution in [0.15, 0.2) is 0 Å². The van der Waals surface area contributed by atoms with Crippen molar-refractivity contribution in [3.05, 3.63) is 0 Å². The lowest BCUT2D eigenvalue weighted by atomic mass is 9.41. The summed E-state index contributed by atoms with van der Waals surface area (Å²) >= 11 is 0. The zero-order valence-electron chi connectivity index (χ0n) is 20.8. The summed E-state index contributed by atoms with van der Waals surface area (Å²) in [5.41, 5.74) is -0.156. The number of hydrogen-bond donors (Lipinski definition) is 2. The van der Waals surface area contributed by atoms with Crippen molar-refractivity contribution in [1.82, 2.24) is 0 Å². The van der Waals surface area contributed by atoms with E-state index in [-0.39, 0.29) is 11.5 Å². The number of fused-ring (bicyclic) bond motifs is 5. The predicted molar refractivity (Wildman–Crippen MR) is 125 cm³/mol. The van der Waals surface area contributed by atoms with Crippen LogP contribution in [0.25, 0.3) is 0 Å². The summed E-state index contributed by atoms with van der Waals surface area (Å²) in [7, 11) is 0. The van der Waals surface area contributed by atoms with Gasteiger partial charge in [0.2, 0.25) is 0 Å². The summed E-state index contributed by atoms with van der Waals surface area (Å²) in [4.78, 5) is 0. The van der Waals surface area contributed by atoms with E-state index in [1.165, 1.54) is 51.4 Å². The number of aliphatic hydroxyl groups excluding tert-OH is 1. The first-order valence-electron chi connectivity index (χ1n) is 13.4. The second kappa shape index (κ2) is 8.05. The Morgan fingerprint density at radius 1 is 0.933 bits per heavy atom. The van der Waals surface area contributed by atoms with Crippen LogP contribution in [0.4, 0.5) is 0 Å². The van der Waals surface area contributed by atoms with Crippen molar-refractivity contribution in [3.63, 3.8) is 0 Å². The molecule has 0 aromatic heterocycles. The molecule has 2 nitrogen and oxygen atoms in total. The summed E-state index contributed by atoms with van der Waals surface area (Å²) in [6.45, 7) is 14.6. The number of hydrogen-bond acceptors (Lipinski definition) is 2. The quantitative estimate of drug-likeness (QED) is 0.513. The molecule has 0 amide bonds. The van der Waals surface area contributed by atoms with Crippen LogP contribution in [0.1, 0.15) is 112 Å². The highest BCUT2D eigenvalue weighted by atomic mass is 16.3. The zero-order valence-corrected chi connectivity index (χ0v) is 20.8. The van der Waals surface area contributed by atoms with Gasteiger partial charge in [0.05, 0.1) is 11.7 Å². The highest BCUT2D eigenvalue weighted by Gasteiger charge is 2.66. The maximum Gasteiger partial charge on any atom is 0.0753 e. The number of aliphatic hydroxyl groups is 2. The van der Waals surface area contributed by atoms with E-state index in [1.807, 2.05) is 0 Å². The van der Waals surface area contributed by atoms with E-state index in [4.69, 9.17) is 0 Å². The highest BCUT2D eigenvalue weighted by Crippen LogP contribution is 2.70. The van der Waals surface area contributed by atoms with E-state index in [9.17, 15) is 10.2 Å². The Bertz CT molecular complexity index is 616. The standard InChI is InChI=1S/C28H50O2/c1-18(2)8-7-9-19(3)23-10-11-24-22-16-20(4)28(30)17-21(29)12-15-27(28,6)25(22)13-14-26(23,24)5/h18-25,29-30H,7-17H2,1-6H3/t19-,20+,21-,22+,23+,24+,25+,26+,27+,28-/m0/s1. The topological polar surface area (TPSA) is 40.5 Å². The maximum absolute atomic E-state index is 11.9. The first kappa shape index (κ1) is 23.1. The first-order valence-corrected chi connectivity index (χ1v) is 13.4. The lowest BCUT2D eigenvalue weighted by Gasteiger charge is -2.66. The predicted octanol–water partition coefficient (Wildman–Crippen LogP) is 6.83.